The van der Waals surface area contributed by atoms with Crippen molar-refractivity contribution in [1.82, 2.24) is 15.3 Å². The lowest BCUT2D eigenvalue weighted by Crippen LogP contribution is -2.51. The second kappa shape index (κ2) is 5.67. The van der Waals surface area contributed by atoms with E-state index in [1.807, 2.05) is 24.3 Å². The highest BCUT2D eigenvalue weighted by Gasteiger charge is 2.16. The molecule has 5 nitrogen and oxygen atoms in total. The Hall–Kier alpha value is -2.14. The van der Waals surface area contributed by atoms with Gasteiger partial charge < -0.3 is 16.0 Å². The predicted octanol–water partition coefficient (Wildman–Crippen LogP) is 1.47. The van der Waals surface area contributed by atoms with E-state index in [0.29, 0.717) is 6.04 Å². The third-order valence-electron chi connectivity index (χ3n) is 3.12. The van der Waals surface area contributed by atoms with E-state index in [9.17, 15) is 0 Å². The first kappa shape index (κ1) is 11.9. The Kier molecular flexibility index (Phi) is 3.56. The molecule has 98 valence electrons. The Morgan fingerprint density at radius 2 is 1.89 bits per heavy atom. The highest BCUT2D eigenvalue weighted by atomic mass is 15.1. The molecule has 1 aromatic carbocycles. The van der Waals surface area contributed by atoms with Gasteiger partial charge in [0.2, 0.25) is 0 Å². The molecule has 3 N–H and O–H groups in total. The first-order valence-corrected chi connectivity index (χ1v) is 6.47. The molecule has 1 aliphatic heterocycles. The third-order valence-corrected chi connectivity index (χ3v) is 3.12. The molecule has 1 aromatic heterocycles. The summed E-state index contributed by atoms with van der Waals surface area (Å²) in [6.07, 6.45) is 1.59. The lowest BCUT2D eigenvalue weighted by Gasteiger charge is -2.28. The van der Waals surface area contributed by atoms with Crippen LogP contribution in [0.2, 0.25) is 0 Å². The maximum absolute atomic E-state index is 4.23. The molecular formula is C14H17N5. The predicted molar refractivity (Wildman–Crippen MR) is 76.1 cm³/mol. The van der Waals surface area contributed by atoms with E-state index in [2.05, 4.69) is 38.1 Å². The molecule has 0 radical (unpaired) electrons. The van der Waals surface area contributed by atoms with E-state index in [0.717, 1.165) is 31.3 Å². The molecule has 3 rings (SSSR count). The quantitative estimate of drug-likeness (QED) is 0.755. The van der Waals surface area contributed by atoms with Crippen molar-refractivity contribution in [2.75, 3.05) is 23.7 Å². The van der Waals surface area contributed by atoms with E-state index < -0.39 is 0 Å². The van der Waals surface area contributed by atoms with Gasteiger partial charge in [0.05, 0.1) is 6.04 Å². The van der Waals surface area contributed by atoms with Crippen LogP contribution in [0.15, 0.2) is 42.7 Å². The standard InChI is InChI=1S/C14H17N5/c1-2-4-11(5-3-1)7-16-13-6-14(18-10-17-13)19-12-8-15-9-12/h1-6,10,12,15H,7-9H2,(H2,16,17,18,19). The number of anilines is 2. The third kappa shape index (κ3) is 3.20. The fourth-order valence-corrected chi connectivity index (χ4v) is 1.92. The fourth-order valence-electron chi connectivity index (χ4n) is 1.92. The van der Waals surface area contributed by atoms with Crippen molar-refractivity contribution in [3.05, 3.63) is 48.3 Å². The van der Waals surface area contributed by atoms with Crippen molar-refractivity contribution < 1.29 is 0 Å². The van der Waals surface area contributed by atoms with Gasteiger partial charge in [0.1, 0.15) is 18.0 Å². The maximum atomic E-state index is 4.23. The van der Waals surface area contributed by atoms with Crippen LogP contribution in [0, 0.1) is 0 Å². The molecule has 1 aliphatic rings. The van der Waals surface area contributed by atoms with Gasteiger partial charge >= 0.3 is 0 Å². The smallest absolute Gasteiger partial charge is 0.131 e. The molecule has 0 aliphatic carbocycles. The van der Waals surface area contributed by atoms with E-state index in [1.54, 1.807) is 6.33 Å². The zero-order valence-electron chi connectivity index (χ0n) is 10.6. The van der Waals surface area contributed by atoms with Crippen LogP contribution in [0.4, 0.5) is 11.6 Å². The zero-order valence-corrected chi connectivity index (χ0v) is 10.6. The van der Waals surface area contributed by atoms with Crippen molar-refractivity contribution in [1.29, 1.82) is 0 Å². The second-order valence-corrected chi connectivity index (χ2v) is 4.63. The molecule has 1 saturated heterocycles. The lowest BCUT2D eigenvalue weighted by atomic mass is 10.2. The van der Waals surface area contributed by atoms with Crippen molar-refractivity contribution in [3.63, 3.8) is 0 Å². The largest absolute Gasteiger partial charge is 0.366 e. The SMILES string of the molecule is c1ccc(CNc2cc(NC3CNC3)ncn2)cc1. The summed E-state index contributed by atoms with van der Waals surface area (Å²) < 4.78 is 0. The molecule has 5 heteroatoms. The summed E-state index contributed by atoms with van der Waals surface area (Å²) in [5, 5.41) is 9.89. The topological polar surface area (TPSA) is 61.9 Å². The number of hydrogen-bond acceptors (Lipinski definition) is 5. The van der Waals surface area contributed by atoms with E-state index in [1.165, 1.54) is 5.56 Å². The van der Waals surface area contributed by atoms with Crippen LogP contribution in [-0.2, 0) is 6.54 Å². The van der Waals surface area contributed by atoms with Crippen LogP contribution >= 0.6 is 0 Å². The molecule has 0 spiro atoms. The first-order valence-electron chi connectivity index (χ1n) is 6.47. The Bertz CT molecular complexity index is 524. The minimum Gasteiger partial charge on any atom is -0.366 e. The van der Waals surface area contributed by atoms with E-state index in [4.69, 9.17) is 0 Å². The number of nitrogens with one attached hydrogen (secondary N) is 3. The van der Waals surface area contributed by atoms with Crippen LogP contribution in [0.25, 0.3) is 0 Å². The number of rotatable bonds is 5. The number of hydrogen-bond donors (Lipinski definition) is 3. The Morgan fingerprint density at radius 1 is 1.11 bits per heavy atom. The minimum absolute atomic E-state index is 0.483. The van der Waals surface area contributed by atoms with Crippen molar-refractivity contribution in [3.8, 4) is 0 Å². The first-order chi connectivity index (χ1) is 9.40. The Balaban J connectivity index is 1.59. The van der Waals surface area contributed by atoms with Crippen molar-refractivity contribution in [2.24, 2.45) is 0 Å². The molecule has 0 atom stereocenters. The van der Waals surface area contributed by atoms with Crippen LogP contribution in [0.1, 0.15) is 5.56 Å². The van der Waals surface area contributed by atoms with Gasteiger partial charge in [-0.25, -0.2) is 9.97 Å². The molecule has 2 aromatic rings. The van der Waals surface area contributed by atoms with Gasteiger partial charge in [0.15, 0.2) is 0 Å². The Morgan fingerprint density at radius 3 is 2.63 bits per heavy atom. The second-order valence-electron chi connectivity index (χ2n) is 4.63. The van der Waals surface area contributed by atoms with Crippen LogP contribution in [0.5, 0.6) is 0 Å². The molecule has 0 saturated carbocycles. The molecular weight excluding hydrogens is 238 g/mol. The normalized spacial score (nSPS) is 14.7. The molecule has 0 unspecified atom stereocenters. The van der Waals surface area contributed by atoms with Crippen molar-refractivity contribution >= 4 is 11.6 Å². The maximum Gasteiger partial charge on any atom is 0.131 e. The average Bonchev–Trinajstić information content (AvgIpc) is 2.42. The number of nitrogens with zero attached hydrogens (tertiary/aromatic N) is 2. The average molecular weight is 255 g/mol. The monoisotopic (exact) mass is 255 g/mol. The summed E-state index contributed by atoms with van der Waals surface area (Å²) in [6, 6.07) is 12.7. The van der Waals surface area contributed by atoms with Gasteiger partial charge in [-0.3, -0.25) is 0 Å². The highest BCUT2D eigenvalue weighted by Crippen LogP contribution is 2.12. The van der Waals surface area contributed by atoms with Crippen LogP contribution < -0.4 is 16.0 Å². The van der Waals surface area contributed by atoms with Gasteiger partial charge in [0.25, 0.3) is 0 Å². The van der Waals surface area contributed by atoms with Gasteiger partial charge in [0, 0.05) is 25.7 Å². The molecule has 1 fully saturated rings. The van der Waals surface area contributed by atoms with Crippen LogP contribution in [-0.4, -0.2) is 29.1 Å². The highest BCUT2D eigenvalue weighted by molar-refractivity contribution is 5.47. The van der Waals surface area contributed by atoms with Gasteiger partial charge in [-0.15, -0.1) is 0 Å². The summed E-state index contributed by atoms with van der Waals surface area (Å²) in [5.41, 5.74) is 1.24. The van der Waals surface area contributed by atoms with Gasteiger partial charge in [-0.05, 0) is 5.56 Å². The summed E-state index contributed by atoms with van der Waals surface area (Å²) in [6.45, 7) is 2.76. The van der Waals surface area contributed by atoms with E-state index in [-0.39, 0.29) is 0 Å². The molecule has 0 amide bonds. The zero-order chi connectivity index (χ0) is 12.9. The molecule has 0 bridgehead atoms. The molecule has 19 heavy (non-hydrogen) atoms. The fraction of sp³-hybridized carbons (Fsp3) is 0.286. The van der Waals surface area contributed by atoms with E-state index >= 15 is 0 Å². The summed E-state index contributed by atoms with van der Waals surface area (Å²) in [5.74, 6) is 1.71. The van der Waals surface area contributed by atoms with Gasteiger partial charge in [-0.2, -0.15) is 0 Å². The van der Waals surface area contributed by atoms with Gasteiger partial charge in [-0.1, -0.05) is 30.3 Å². The van der Waals surface area contributed by atoms with Crippen molar-refractivity contribution in [2.45, 2.75) is 12.6 Å². The summed E-state index contributed by atoms with van der Waals surface area (Å²) in [7, 11) is 0. The molecule has 2 heterocycles. The van der Waals surface area contributed by atoms with Crippen LogP contribution in [0.3, 0.4) is 0 Å². The number of benzene rings is 1. The lowest BCUT2D eigenvalue weighted by molar-refractivity contribution is 0.471. The summed E-state index contributed by atoms with van der Waals surface area (Å²) >= 11 is 0. The number of aromatic nitrogens is 2. The summed E-state index contributed by atoms with van der Waals surface area (Å²) in [4.78, 5) is 8.45. The Labute approximate surface area is 112 Å². The minimum atomic E-state index is 0.483.